The molecule has 2 aromatic heterocycles. The zero-order valence-corrected chi connectivity index (χ0v) is 11.8. The van der Waals surface area contributed by atoms with Gasteiger partial charge in [-0.2, -0.15) is 0 Å². The molecule has 2 heterocycles. The maximum atomic E-state index is 13.6. The summed E-state index contributed by atoms with van der Waals surface area (Å²) in [5.74, 6) is -1.12. The van der Waals surface area contributed by atoms with E-state index < -0.39 is 11.6 Å². The molecule has 0 fully saturated rings. The molecule has 0 N–H and O–H groups in total. The maximum Gasteiger partial charge on any atom is 0.214 e. The summed E-state index contributed by atoms with van der Waals surface area (Å²) < 4.78 is 28.2. The zero-order chi connectivity index (χ0) is 14.3. The van der Waals surface area contributed by atoms with Crippen molar-refractivity contribution in [3.63, 3.8) is 0 Å². The fourth-order valence-corrected chi connectivity index (χ4v) is 2.82. The summed E-state index contributed by atoms with van der Waals surface area (Å²) >= 11 is 1.42. The highest BCUT2D eigenvalue weighted by molar-refractivity contribution is 7.20. The Morgan fingerprint density at radius 2 is 2.15 bits per heavy atom. The van der Waals surface area contributed by atoms with Crippen LogP contribution < -0.4 is 4.90 Å². The zero-order valence-electron chi connectivity index (χ0n) is 11.0. The first-order chi connectivity index (χ1) is 9.52. The average Bonchev–Trinajstić information content (AvgIpc) is 2.89. The fraction of sp³-hybridized carbons (Fsp3) is 0.231. The molecule has 1 aromatic carbocycles. The quantitative estimate of drug-likeness (QED) is 0.744. The molecule has 0 aliphatic carbocycles. The summed E-state index contributed by atoms with van der Waals surface area (Å²) in [6.07, 6.45) is 1.83. The molecule has 0 aliphatic heterocycles. The standard InChI is InChI=1S/C13H12F2N4S/c1-8-6-19-12(16-8)20-13(17-19)18(2)7-9-3-4-10(14)5-11(9)15/h3-6H,7H2,1-2H3. The van der Waals surface area contributed by atoms with Gasteiger partial charge in [0.25, 0.3) is 0 Å². The molecule has 3 aromatic rings. The van der Waals surface area contributed by atoms with Crippen LogP contribution in [0.1, 0.15) is 11.3 Å². The second kappa shape index (κ2) is 4.82. The maximum absolute atomic E-state index is 13.6. The number of anilines is 1. The van der Waals surface area contributed by atoms with Gasteiger partial charge in [0.2, 0.25) is 10.1 Å². The monoisotopic (exact) mass is 294 g/mol. The van der Waals surface area contributed by atoms with Crippen LogP contribution in [0.3, 0.4) is 0 Å². The molecule has 0 aliphatic rings. The van der Waals surface area contributed by atoms with Crippen LogP contribution in [0.2, 0.25) is 0 Å². The van der Waals surface area contributed by atoms with E-state index in [1.165, 1.54) is 23.5 Å². The molecule has 0 amide bonds. The molecule has 7 heteroatoms. The molecule has 0 saturated heterocycles. The second-order valence-electron chi connectivity index (χ2n) is 4.59. The fourth-order valence-electron chi connectivity index (χ4n) is 1.93. The minimum Gasteiger partial charge on any atom is -0.345 e. The Labute approximate surface area is 118 Å². The first-order valence-electron chi connectivity index (χ1n) is 6.01. The first-order valence-corrected chi connectivity index (χ1v) is 6.82. The third-order valence-electron chi connectivity index (χ3n) is 2.90. The number of nitrogens with zero attached hydrogens (tertiary/aromatic N) is 4. The van der Waals surface area contributed by atoms with Crippen molar-refractivity contribution in [3.05, 3.63) is 47.3 Å². The van der Waals surface area contributed by atoms with Crippen molar-refractivity contribution in [2.45, 2.75) is 13.5 Å². The van der Waals surface area contributed by atoms with Gasteiger partial charge in [-0.15, -0.1) is 5.10 Å². The molecule has 4 nitrogen and oxygen atoms in total. The highest BCUT2D eigenvalue weighted by Gasteiger charge is 2.13. The lowest BCUT2D eigenvalue weighted by Crippen LogP contribution is -2.17. The van der Waals surface area contributed by atoms with Gasteiger partial charge >= 0.3 is 0 Å². The highest BCUT2D eigenvalue weighted by Crippen LogP contribution is 2.24. The van der Waals surface area contributed by atoms with E-state index in [1.54, 1.807) is 4.52 Å². The van der Waals surface area contributed by atoms with Gasteiger partial charge in [0.05, 0.1) is 11.9 Å². The van der Waals surface area contributed by atoms with E-state index in [0.717, 1.165) is 21.9 Å². The van der Waals surface area contributed by atoms with Crippen LogP contribution in [0.5, 0.6) is 0 Å². The van der Waals surface area contributed by atoms with Crippen molar-refractivity contribution in [1.29, 1.82) is 0 Å². The van der Waals surface area contributed by atoms with Crippen LogP contribution in [-0.4, -0.2) is 21.6 Å². The highest BCUT2D eigenvalue weighted by atomic mass is 32.1. The van der Waals surface area contributed by atoms with Crippen LogP contribution in [0, 0.1) is 18.6 Å². The van der Waals surface area contributed by atoms with Crippen molar-refractivity contribution in [3.8, 4) is 0 Å². The van der Waals surface area contributed by atoms with Crippen molar-refractivity contribution >= 4 is 21.4 Å². The number of aryl methyl sites for hydroxylation is 1. The molecule has 0 radical (unpaired) electrons. The van der Waals surface area contributed by atoms with Gasteiger partial charge in [0, 0.05) is 25.2 Å². The van der Waals surface area contributed by atoms with E-state index in [0.29, 0.717) is 12.1 Å². The van der Waals surface area contributed by atoms with E-state index in [4.69, 9.17) is 0 Å². The van der Waals surface area contributed by atoms with Gasteiger partial charge in [-0.1, -0.05) is 17.4 Å². The molecule has 20 heavy (non-hydrogen) atoms. The van der Waals surface area contributed by atoms with Gasteiger partial charge in [-0.05, 0) is 13.0 Å². The Bertz CT molecular complexity index is 733. The summed E-state index contributed by atoms with van der Waals surface area (Å²) in [5, 5.41) is 5.11. The molecule has 0 spiro atoms. The molecule has 0 saturated carbocycles. The van der Waals surface area contributed by atoms with E-state index in [9.17, 15) is 8.78 Å². The van der Waals surface area contributed by atoms with Crippen molar-refractivity contribution in [2.24, 2.45) is 0 Å². The van der Waals surface area contributed by atoms with Gasteiger partial charge in [0.1, 0.15) is 11.6 Å². The largest absolute Gasteiger partial charge is 0.345 e. The minimum absolute atomic E-state index is 0.321. The number of hydrogen-bond donors (Lipinski definition) is 0. The molecule has 3 rings (SSSR count). The number of rotatable bonds is 3. The lowest BCUT2D eigenvalue weighted by molar-refractivity contribution is 0.571. The summed E-state index contributed by atoms with van der Waals surface area (Å²) in [5.41, 5.74) is 1.33. The minimum atomic E-state index is -0.572. The lowest BCUT2D eigenvalue weighted by atomic mass is 10.2. The first kappa shape index (κ1) is 13.0. The van der Waals surface area contributed by atoms with E-state index in [1.807, 2.05) is 25.1 Å². The third kappa shape index (κ3) is 2.36. The van der Waals surface area contributed by atoms with Crippen molar-refractivity contribution in [2.75, 3.05) is 11.9 Å². The van der Waals surface area contributed by atoms with Crippen LogP contribution in [0.25, 0.3) is 4.96 Å². The average molecular weight is 294 g/mol. The summed E-state index contributed by atoms with van der Waals surface area (Å²) in [6.45, 7) is 2.22. The van der Waals surface area contributed by atoms with Crippen LogP contribution >= 0.6 is 11.3 Å². The Balaban J connectivity index is 1.84. The smallest absolute Gasteiger partial charge is 0.214 e. The predicted octanol–water partition coefficient (Wildman–Crippen LogP) is 3.01. The third-order valence-corrected chi connectivity index (χ3v) is 3.94. The van der Waals surface area contributed by atoms with Crippen molar-refractivity contribution < 1.29 is 8.78 Å². The summed E-state index contributed by atoms with van der Waals surface area (Å²) in [4.78, 5) is 6.93. The van der Waals surface area contributed by atoms with E-state index in [2.05, 4.69) is 10.1 Å². The number of benzene rings is 1. The Kier molecular flexibility index (Phi) is 3.13. The van der Waals surface area contributed by atoms with Crippen molar-refractivity contribution in [1.82, 2.24) is 14.6 Å². The van der Waals surface area contributed by atoms with Gasteiger partial charge in [0.15, 0.2) is 0 Å². The molecular weight excluding hydrogens is 282 g/mol. The topological polar surface area (TPSA) is 33.4 Å². The Morgan fingerprint density at radius 1 is 1.35 bits per heavy atom. The normalized spacial score (nSPS) is 11.2. The van der Waals surface area contributed by atoms with Gasteiger partial charge in [-0.3, -0.25) is 0 Å². The lowest BCUT2D eigenvalue weighted by Gasteiger charge is -2.15. The van der Waals surface area contributed by atoms with Gasteiger partial charge < -0.3 is 4.90 Å². The molecule has 0 unspecified atom stereocenters. The number of aromatic nitrogens is 3. The van der Waals surface area contributed by atoms with Crippen LogP contribution in [0.4, 0.5) is 13.9 Å². The second-order valence-corrected chi connectivity index (χ2v) is 5.52. The SMILES string of the molecule is Cc1cn2nc(N(C)Cc3ccc(F)cc3F)sc2n1. The van der Waals surface area contributed by atoms with Crippen LogP contribution in [-0.2, 0) is 6.54 Å². The number of halogens is 2. The molecular formula is C13H12F2N4S. The molecule has 0 bridgehead atoms. The van der Waals surface area contributed by atoms with E-state index in [-0.39, 0.29) is 0 Å². The molecule has 104 valence electrons. The summed E-state index contributed by atoms with van der Waals surface area (Å²) in [6, 6.07) is 3.59. The Hall–Kier alpha value is -2.02. The number of hydrogen-bond acceptors (Lipinski definition) is 4. The van der Waals surface area contributed by atoms with Crippen LogP contribution in [0.15, 0.2) is 24.4 Å². The predicted molar refractivity (Wildman–Crippen MR) is 74.1 cm³/mol. The van der Waals surface area contributed by atoms with E-state index >= 15 is 0 Å². The summed E-state index contributed by atoms with van der Waals surface area (Å²) in [7, 11) is 1.81. The number of fused-ring (bicyclic) bond motifs is 1. The molecule has 0 atom stereocenters. The number of imidazole rings is 1. The Morgan fingerprint density at radius 3 is 2.85 bits per heavy atom. The van der Waals surface area contributed by atoms with Gasteiger partial charge in [-0.25, -0.2) is 18.3 Å².